The van der Waals surface area contributed by atoms with Gasteiger partial charge in [-0.1, -0.05) is 19.1 Å². The van der Waals surface area contributed by atoms with Gasteiger partial charge in [0, 0.05) is 30.9 Å². The summed E-state index contributed by atoms with van der Waals surface area (Å²) in [4.78, 5) is 5.53. The van der Waals surface area contributed by atoms with E-state index < -0.39 is 0 Å². The van der Waals surface area contributed by atoms with Crippen LogP contribution in [0.4, 0.5) is 4.39 Å². The first-order chi connectivity index (χ1) is 11.1. The molecule has 0 aliphatic carbocycles. The zero-order chi connectivity index (χ0) is 16.7. The molecule has 0 saturated heterocycles. The van der Waals surface area contributed by atoms with Crippen molar-refractivity contribution in [3.63, 3.8) is 0 Å². The van der Waals surface area contributed by atoms with E-state index in [4.69, 9.17) is 4.74 Å². The van der Waals surface area contributed by atoms with Crippen LogP contribution in [0.3, 0.4) is 0 Å². The van der Waals surface area contributed by atoms with Crippen molar-refractivity contribution < 1.29 is 9.13 Å². The fourth-order valence-electron chi connectivity index (χ4n) is 2.15. The van der Waals surface area contributed by atoms with Crippen molar-refractivity contribution in [1.29, 1.82) is 0 Å². The molecule has 1 atom stereocenters. The molecular formula is C17H22FN3OS. The molecule has 1 aromatic carbocycles. The first-order valence-electron chi connectivity index (χ1n) is 7.44. The van der Waals surface area contributed by atoms with E-state index in [-0.39, 0.29) is 11.6 Å². The highest BCUT2D eigenvalue weighted by molar-refractivity contribution is 7.10. The molecule has 0 aliphatic rings. The number of methoxy groups -OCH3 is 1. The summed E-state index contributed by atoms with van der Waals surface area (Å²) in [5.41, 5.74) is 0.831. The number of nitrogens with one attached hydrogen (secondary N) is 2. The highest BCUT2D eigenvalue weighted by Crippen LogP contribution is 2.19. The molecule has 1 unspecified atom stereocenters. The summed E-state index contributed by atoms with van der Waals surface area (Å²) in [6, 6.07) is 9.11. The maximum atomic E-state index is 13.7. The molecule has 0 aliphatic heterocycles. The molecule has 6 heteroatoms. The predicted molar refractivity (Wildman–Crippen MR) is 93.9 cm³/mol. The Balaban J connectivity index is 1.84. The van der Waals surface area contributed by atoms with Crippen molar-refractivity contribution in [3.05, 3.63) is 52.0 Å². The van der Waals surface area contributed by atoms with Crippen LogP contribution in [-0.4, -0.2) is 26.7 Å². The second kappa shape index (κ2) is 8.53. The number of rotatable bonds is 6. The average molecular weight is 335 g/mol. The van der Waals surface area contributed by atoms with Crippen LogP contribution in [0.15, 0.2) is 40.7 Å². The lowest BCUT2D eigenvalue weighted by atomic mass is 10.1. The van der Waals surface area contributed by atoms with Crippen molar-refractivity contribution in [2.45, 2.75) is 19.4 Å². The van der Waals surface area contributed by atoms with E-state index in [0.29, 0.717) is 18.4 Å². The Bertz CT molecular complexity index is 643. The van der Waals surface area contributed by atoms with Crippen LogP contribution in [0.2, 0.25) is 0 Å². The molecule has 0 amide bonds. The van der Waals surface area contributed by atoms with Gasteiger partial charge in [0.2, 0.25) is 0 Å². The molecule has 0 spiro atoms. The number of aliphatic imine (C=N–C) groups is 1. The molecule has 0 radical (unpaired) electrons. The Kier molecular flexibility index (Phi) is 6.40. The van der Waals surface area contributed by atoms with Crippen LogP contribution in [0.5, 0.6) is 5.75 Å². The van der Waals surface area contributed by atoms with E-state index in [0.717, 1.165) is 12.1 Å². The van der Waals surface area contributed by atoms with E-state index in [1.807, 2.05) is 6.07 Å². The largest absolute Gasteiger partial charge is 0.494 e. The molecule has 2 N–H and O–H groups in total. The van der Waals surface area contributed by atoms with Crippen LogP contribution in [0.1, 0.15) is 23.3 Å². The lowest BCUT2D eigenvalue weighted by molar-refractivity contribution is 0.386. The number of hydrogen-bond donors (Lipinski definition) is 2. The normalized spacial score (nSPS) is 12.8. The van der Waals surface area contributed by atoms with Crippen molar-refractivity contribution in [2.75, 3.05) is 20.7 Å². The topological polar surface area (TPSA) is 45.7 Å². The Morgan fingerprint density at radius 3 is 2.78 bits per heavy atom. The standard InChI is InChI=1S/C17H22FN3OS/c1-12(16-5-4-8-23-16)10-20-17(19-2)21-11-13-6-7-15(22-3)14(18)9-13/h4-9,12H,10-11H2,1-3H3,(H2,19,20,21). The zero-order valence-electron chi connectivity index (χ0n) is 13.6. The summed E-state index contributed by atoms with van der Waals surface area (Å²) >= 11 is 1.75. The first kappa shape index (κ1) is 17.3. The molecule has 0 bridgehead atoms. The third-order valence-electron chi connectivity index (χ3n) is 3.50. The van der Waals surface area contributed by atoms with Crippen molar-refractivity contribution >= 4 is 17.3 Å². The van der Waals surface area contributed by atoms with E-state index in [9.17, 15) is 4.39 Å². The minimum Gasteiger partial charge on any atom is -0.494 e. The Morgan fingerprint density at radius 2 is 2.17 bits per heavy atom. The Labute approximate surface area is 140 Å². The number of halogens is 1. The molecule has 2 rings (SSSR count). The van der Waals surface area contributed by atoms with Gasteiger partial charge in [-0.2, -0.15) is 0 Å². The molecule has 1 aromatic heterocycles. The number of hydrogen-bond acceptors (Lipinski definition) is 3. The minimum atomic E-state index is -0.360. The fourth-order valence-corrected chi connectivity index (χ4v) is 2.94. The lowest BCUT2D eigenvalue weighted by Crippen LogP contribution is -2.38. The smallest absolute Gasteiger partial charge is 0.191 e. The molecule has 2 aromatic rings. The average Bonchev–Trinajstić information content (AvgIpc) is 3.09. The molecular weight excluding hydrogens is 313 g/mol. The third kappa shape index (κ3) is 4.96. The SMILES string of the molecule is CN=C(NCc1ccc(OC)c(F)c1)NCC(C)c1cccs1. The minimum absolute atomic E-state index is 0.251. The lowest BCUT2D eigenvalue weighted by Gasteiger charge is -2.15. The summed E-state index contributed by atoms with van der Waals surface area (Å²) < 4.78 is 18.6. The van der Waals surface area contributed by atoms with Gasteiger partial charge in [-0.25, -0.2) is 4.39 Å². The molecule has 0 saturated carbocycles. The zero-order valence-corrected chi connectivity index (χ0v) is 14.4. The van der Waals surface area contributed by atoms with Gasteiger partial charge < -0.3 is 15.4 Å². The number of thiophene rings is 1. The van der Waals surface area contributed by atoms with Crippen LogP contribution in [0, 0.1) is 5.82 Å². The highest BCUT2D eigenvalue weighted by atomic mass is 32.1. The maximum absolute atomic E-state index is 13.7. The van der Waals surface area contributed by atoms with Gasteiger partial charge in [0.25, 0.3) is 0 Å². The summed E-state index contributed by atoms with van der Waals surface area (Å²) in [7, 11) is 3.18. The van der Waals surface area contributed by atoms with Gasteiger partial charge in [-0.15, -0.1) is 11.3 Å². The quantitative estimate of drug-likeness (QED) is 0.628. The highest BCUT2D eigenvalue weighted by Gasteiger charge is 2.08. The van der Waals surface area contributed by atoms with Crippen LogP contribution in [-0.2, 0) is 6.54 Å². The third-order valence-corrected chi connectivity index (χ3v) is 4.61. The second-order valence-electron chi connectivity index (χ2n) is 5.19. The van der Waals surface area contributed by atoms with Gasteiger partial charge in [0.1, 0.15) is 0 Å². The van der Waals surface area contributed by atoms with Gasteiger partial charge in [0.05, 0.1) is 7.11 Å². The van der Waals surface area contributed by atoms with E-state index in [1.54, 1.807) is 24.5 Å². The summed E-state index contributed by atoms with van der Waals surface area (Å²) in [6.07, 6.45) is 0. The molecule has 4 nitrogen and oxygen atoms in total. The van der Waals surface area contributed by atoms with Crippen LogP contribution < -0.4 is 15.4 Å². The number of guanidine groups is 1. The van der Waals surface area contributed by atoms with Crippen molar-refractivity contribution in [1.82, 2.24) is 10.6 Å². The number of ether oxygens (including phenoxy) is 1. The Hall–Kier alpha value is -2.08. The first-order valence-corrected chi connectivity index (χ1v) is 8.32. The molecule has 1 heterocycles. The van der Waals surface area contributed by atoms with Crippen LogP contribution in [0.25, 0.3) is 0 Å². The predicted octanol–water partition coefficient (Wildman–Crippen LogP) is 3.36. The molecule has 0 fully saturated rings. The molecule has 23 heavy (non-hydrogen) atoms. The maximum Gasteiger partial charge on any atom is 0.191 e. The summed E-state index contributed by atoms with van der Waals surface area (Å²) in [5, 5.41) is 8.56. The second-order valence-corrected chi connectivity index (χ2v) is 6.17. The van der Waals surface area contributed by atoms with Gasteiger partial charge in [-0.05, 0) is 29.1 Å². The summed E-state index contributed by atoms with van der Waals surface area (Å²) in [5.74, 6) is 0.999. The van der Waals surface area contributed by atoms with Gasteiger partial charge >= 0.3 is 0 Å². The fraction of sp³-hybridized carbons (Fsp3) is 0.353. The monoisotopic (exact) mass is 335 g/mol. The van der Waals surface area contributed by atoms with E-state index in [1.165, 1.54) is 18.1 Å². The summed E-state index contributed by atoms with van der Waals surface area (Å²) in [6.45, 7) is 3.45. The van der Waals surface area contributed by atoms with Crippen molar-refractivity contribution in [3.8, 4) is 5.75 Å². The van der Waals surface area contributed by atoms with Crippen molar-refractivity contribution in [2.24, 2.45) is 4.99 Å². The van der Waals surface area contributed by atoms with Gasteiger partial charge in [0.15, 0.2) is 17.5 Å². The number of nitrogens with zero attached hydrogens (tertiary/aromatic N) is 1. The van der Waals surface area contributed by atoms with E-state index >= 15 is 0 Å². The Morgan fingerprint density at radius 1 is 1.35 bits per heavy atom. The van der Waals surface area contributed by atoms with Gasteiger partial charge in [-0.3, -0.25) is 4.99 Å². The van der Waals surface area contributed by atoms with E-state index in [2.05, 4.69) is 40.1 Å². The molecule has 124 valence electrons. The van der Waals surface area contributed by atoms with Crippen LogP contribution >= 0.6 is 11.3 Å². The number of benzene rings is 1.